The molecule has 1 aliphatic rings. The molecule has 0 saturated heterocycles. The summed E-state index contributed by atoms with van der Waals surface area (Å²) in [6, 6.07) is 0. The summed E-state index contributed by atoms with van der Waals surface area (Å²) in [5.41, 5.74) is -2.37. The summed E-state index contributed by atoms with van der Waals surface area (Å²) in [5.74, 6) is 0.140. The number of aromatic nitrogens is 2. The first-order chi connectivity index (χ1) is 11.0. The summed E-state index contributed by atoms with van der Waals surface area (Å²) in [6.45, 7) is 5.76. The topological polar surface area (TPSA) is 68.0 Å². The standard InChI is InChI=1S/C16H24F3N3O2/c1-14(2,3)13-20-12(24-22-13)8-7-11(23)21-15(16(17,18)19)9-5-4-6-10-15/h4-10H2,1-3H3,(H,21,23). The summed E-state index contributed by atoms with van der Waals surface area (Å²) >= 11 is 0. The first-order valence-electron chi connectivity index (χ1n) is 8.24. The summed E-state index contributed by atoms with van der Waals surface area (Å²) in [7, 11) is 0. The highest BCUT2D eigenvalue weighted by Crippen LogP contribution is 2.41. The Labute approximate surface area is 139 Å². The van der Waals surface area contributed by atoms with Gasteiger partial charge in [-0.15, -0.1) is 0 Å². The maximum Gasteiger partial charge on any atom is 0.411 e. The fourth-order valence-electron chi connectivity index (χ4n) is 2.85. The first kappa shape index (κ1) is 18.7. The van der Waals surface area contributed by atoms with Crippen LogP contribution in [0.15, 0.2) is 4.52 Å². The Bertz CT molecular complexity index is 570. The molecule has 136 valence electrons. The molecule has 5 nitrogen and oxygen atoms in total. The Hall–Kier alpha value is -1.60. The van der Waals surface area contributed by atoms with E-state index in [2.05, 4.69) is 15.5 Å². The van der Waals surface area contributed by atoms with Gasteiger partial charge < -0.3 is 9.84 Å². The number of rotatable bonds is 4. The highest BCUT2D eigenvalue weighted by Gasteiger charge is 2.55. The molecule has 0 bridgehead atoms. The Morgan fingerprint density at radius 2 is 1.83 bits per heavy atom. The van der Waals surface area contributed by atoms with Crippen LogP contribution in [0.25, 0.3) is 0 Å². The van der Waals surface area contributed by atoms with Crippen molar-refractivity contribution in [1.82, 2.24) is 15.5 Å². The van der Waals surface area contributed by atoms with E-state index in [1.54, 1.807) is 0 Å². The van der Waals surface area contributed by atoms with E-state index in [9.17, 15) is 18.0 Å². The van der Waals surface area contributed by atoms with Crippen LogP contribution in [0.3, 0.4) is 0 Å². The van der Waals surface area contributed by atoms with Crippen molar-refractivity contribution < 1.29 is 22.5 Å². The summed E-state index contributed by atoms with van der Waals surface area (Å²) in [6.07, 6.45) is -2.82. The lowest BCUT2D eigenvalue weighted by Crippen LogP contribution is -2.59. The van der Waals surface area contributed by atoms with Crippen molar-refractivity contribution in [3.63, 3.8) is 0 Å². The first-order valence-corrected chi connectivity index (χ1v) is 8.24. The molecule has 2 rings (SSSR count). The average Bonchev–Trinajstić information content (AvgIpc) is 2.94. The van der Waals surface area contributed by atoms with Crippen LogP contribution in [-0.4, -0.2) is 27.8 Å². The predicted octanol–water partition coefficient (Wildman–Crippen LogP) is 3.68. The van der Waals surface area contributed by atoms with Crippen LogP contribution < -0.4 is 5.32 Å². The van der Waals surface area contributed by atoms with Gasteiger partial charge in [0.2, 0.25) is 11.8 Å². The molecule has 1 saturated carbocycles. The molecule has 0 atom stereocenters. The fourth-order valence-corrected chi connectivity index (χ4v) is 2.85. The number of amides is 1. The molecule has 1 heterocycles. The Balaban J connectivity index is 1.95. The number of hydrogen-bond acceptors (Lipinski definition) is 4. The van der Waals surface area contributed by atoms with Crippen molar-refractivity contribution >= 4 is 5.91 Å². The van der Waals surface area contributed by atoms with Gasteiger partial charge in [0.1, 0.15) is 5.54 Å². The highest BCUT2D eigenvalue weighted by molar-refractivity contribution is 5.77. The lowest BCUT2D eigenvalue weighted by Gasteiger charge is -2.39. The van der Waals surface area contributed by atoms with Crippen molar-refractivity contribution in [2.75, 3.05) is 0 Å². The molecule has 0 radical (unpaired) electrons. The van der Waals surface area contributed by atoms with Gasteiger partial charge in [0.15, 0.2) is 5.82 Å². The molecule has 1 aliphatic carbocycles. The van der Waals surface area contributed by atoms with Gasteiger partial charge in [-0.05, 0) is 12.8 Å². The minimum absolute atomic E-state index is 0.0586. The largest absolute Gasteiger partial charge is 0.411 e. The van der Waals surface area contributed by atoms with E-state index in [1.165, 1.54) is 0 Å². The van der Waals surface area contributed by atoms with E-state index in [-0.39, 0.29) is 37.0 Å². The van der Waals surface area contributed by atoms with Crippen molar-refractivity contribution in [3.05, 3.63) is 11.7 Å². The van der Waals surface area contributed by atoms with E-state index in [0.717, 1.165) is 6.42 Å². The minimum Gasteiger partial charge on any atom is -0.342 e. The molecule has 0 unspecified atom stereocenters. The number of carbonyl (C=O) groups is 1. The highest BCUT2D eigenvalue weighted by atomic mass is 19.4. The van der Waals surface area contributed by atoms with Crippen molar-refractivity contribution in [1.29, 1.82) is 0 Å². The van der Waals surface area contributed by atoms with Gasteiger partial charge in [-0.2, -0.15) is 18.2 Å². The number of carbonyl (C=O) groups excluding carboxylic acids is 1. The Morgan fingerprint density at radius 1 is 1.21 bits per heavy atom. The molecule has 1 N–H and O–H groups in total. The molecule has 1 amide bonds. The molecule has 1 aromatic heterocycles. The van der Waals surface area contributed by atoms with Crippen LogP contribution in [-0.2, 0) is 16.6 Å². The number of halogens is 3. The van der Waals surface area contributed by atoms with Crippen LogP contribution >= 0.6 is 0 Å². The van der Waals surface area contributed by atoms with Crippen LogP contribution in [0, 0.1) is 0 Å². The third kappa shape index (κ3) is 4.27. The molecular formula is C16H24F3N3O2. The molecule has 1 fully saturated rings. The van der Waals surface area contributed by atoms with Crippen LogP contribution in [0.5, 0.6) is 0 Å². The van der Waals surface area contributed by atoms with E-state index in [4.69, 9.17) is 4.52 Å². The van der Waals surface area contributed by atoms with Gasteiger partial charge in [-0.25, -0.2) is 0 Å². The summed E-state index contributed by atoms with van der Waals surface area (Å²) < 4.78 is 45.3. The second kappa shape index (κ2) is 6.72. The van der Waals surface area contributed by atoms with Gasteiger partial charge >= 0.3 is 6.18 Å². The van der Waals surface area contributed by atoms with Gasteiger partial charge in [0.25, 0.3) is 0 Å². The molecule has 0 spiro atoms. The van der Waals surface area contributed by atoms with Crippen molar-refractivity contribution in [2.45, 2.75) is 82.8 Å². The van der Waals surface area contributed by atoms with Gasteiger partial charge in [-0.3, -0.25) is 4.79 Å². The SMILES string of the molecule is CC(C)(C)c1noc(CCC(=O)NC2(C(F)(F)F)CCCCC2)n1. The Morgan fingerprint density at radius 3 is 2.33 bits per heavy atom. The van der Waals surface area contributed by atoms with Gasteiger partial charge in [0, 0.05) is 18.3 Å². The molecule has 1 aromatic rings. The summed E-state index contributed by atoms with van der Waals surface area (Å²) in [4.78, 5) is 16.2. The maximum atomic E-state index is 13.4. The Kier molecular flexibility index (Phi) is 5.25. The van der Waals surface area contributed by atoms with E-state index < -0.39 is 17.6 Å². The van der Waals surface area contributed by atoms with Crippen molar-refractivity contribution in [2.24, 2.45) is 0 Å². The number of hydrogen-bond donors (Lipinski definition) is 1. The third-order valence-corrected chi connectivity index (χ3v) is 4.33. The zero-order chi connectivity index (χ0) is 18.0. The smallest absolute Gasteiger partial charge is 0.342 e. The minimum atomic E-state index is -4.44. The quantitative estimate of drug-likeness (QED) is 0.902. The van der Waals surface area contributed by atoms with E-state index in [0.29, 0.717) is 18.7 Å². The maximum absolute atomic E-state index is 13.4. The van der Waals surface area contributed by atoms with Crippen LogP contribution in [0.4, 0.5) is 13.2 Å². The van der Waals surface area contributed by atoms with Crippen LogP contribution in [0.1, 0.15) is 71.0 Å². The van der Waals surface area contributed by atoms with E-state index >= 15 is 0 Å². The van der Waals surface area contributed by atoms with Crippen molar-refractivity contribution in [3.8, 4) is 0 Å². The second-order valence-electron chi connectivity index (χ2n) is 7.45. The van der Waals surface area contributed by atoms with Gasteiger partial charge in [-0.1, -0.05) is 45.2 Å². The van der Waals surface area contributed by atoms with E-state index in [1.807, 2.05) is 20.8 Å². The molecule has 8 heteroatoms. The fraction of sp³-hybridized carbons (Fsp3) is 0.812. The molecule has 0 aliphatic heterocycles. The number of nitrogens with one attached hydrogen (secondary N) is 1. The monoisotopic (exact) mass is 347 g/mol. The second-order valence-corrected chi connectivity index (χ2v) is 7.45. The molecular weight excluding hydrogens is 323 g/mol. The predicted molar refractivity (Wildman–Crippen MR) is 81.3 cm³/mol. The zero-order valence-electron chi connectivity index (χ0n) is 14.3. The normalized spacial score (nSPS) is 18.4. The third-order valence-electron chi connectivity index (χ3n) is 4.33. The number of nitrogens with zero attached hydrogens (tertiary/aromatic N) is 2. The molecule has 0 aromatic carbocycles. The lowest BCUT2D eigenvalue weighted by atomic mass is 9.81. The van der Waals surface area contributed by atoms with Crippen LogP contribution in [0.2, 0.25) is 0 Å². The zero-order valence-corrected chi connectivity index (χ0v) is 14.3. The average molecular weight is 347 g/mol. The molecule has 24 heavy (non-hydrogen) atoms. The number of aryl methyl sites for hydroxylation is 1. The lowest BCUT2D eigenvalue weighted by molar-refractivity contribution is -0.206. The summed E-state index contributed by atoms with van der Waals surface area (Å²) in [5, 5.41) is 6.06. The van der Waals surface area contributed by atoms with Gasteiger partial charge in [0.05, 0.1) is 0 Å². The number of alkyl halides is 3.